The highest BCUT2D eigenvalue weighted by Crippen LogP contribution is 2.42. The summed E-state index contributed by atoms with van der Waals surface area (Å²) in [6.45, 7) is 7.45. The van der Waals surface area contributed by atoms with Crippen LogP contribution in [0, 0.1) is 13.8 Å². The fourth-order valence-corrected chi connectivity index (χ4v) is 5.04. The quantitative estimate of drug-likeness (QED) is 0.369. The van der Waals surface area contributed by atoms with Crippen molar-refractivity contribution in [2.24, 2.45) is 0 Å². The van der Waals surface area contributed by atoms with Crippen molar-refractivity contribution in [3.63, 3.8) is 0 Å². The van der Waals surface area contributed by atoms with E-state index in [1.54, 1.807) is 0 Å². The first-order valence-electron chi connectivity index (χ1n) is 9.06. The molecule has 25 heavy (non-hydrogen) atoms. The zero-order valence-corrected chi connectivity index (χ0v) is 16.9. The Bertz CT molecular complexity index is 776. The van der Waals surface area contributed by atoms with Gasteiger partial charge in [0, 0.05) is 10.4 Å². The summed E-state index contributed by atoms with van der Waals surface area (Å²) in [7, 11) is 0. The van der Waals surface area contributed by atoms with Gasteiger partial charge in [0.2, 0.25) is 0 Å². The van der Waals surface area contributed by atoms with E-state index in [0.717, 1.165) is 18.8 Å². The summed E-state index contributed by atoms with van der Waals surface area (Å²) < 4.78 is 5.99. The standard InChI is InChI=1S/C22H26OS2/c1-4-5-6-7-11-23-18-14-16(2)21(17(3)15-18)19-10-13-25-22(19)20-9-8-12-24-20/h8-10,12-15H,4-7,11H2,1-3H3. The number of rotatable bonds is 8. The molecule has 0 N–H and O–H groups in total. The lowest BCUT2D eigenvalue weighted by molar-refractivity contribution is 0.305. The Morgan fingerprint density at radius 2 is 1.72 bits per heavy atom. The van der Waals surface area contributed by atoms with Crippen LogP contribution in [0.4, 0.5) is 0 Å². The van der Waals surface area contributed by atoms with Gasteiger partial charge < -0.3 is 4.74 Å². The van der Waals surface area contributed by atoms with E-state index in [2.05, 4.69) is 61.9 Å². The summed E-state index contributed by atoms with van der Waals surface area (Å²) in [6, 6.07) is 11.0. The first-order chi connectivity index (χ1) is 12.2. The lowest BCUT2D eigenvalue weighted by atomic mass is 9.95. The molecule has 0 aliphatic heterocycles. The molecule has 0 atom stereocenters. The summed E-state index contributed by atoms with van der Waals surface area (Å²) in [5.41, 5.74) is 5.28. The van der Waals surface area contributed by atoms with Gasteiger partial charge in [-0.2, -0.15) is 0 Å². The smallest absolute Gasteiger partial charge is 0.119 e. The maximum absolute atomic E-state index is 5.99. The molecule has 0 aliphatic rings. The molecule has 3 heteroatoms. The van der Waals surface area contributed by atoms with Crippen molar-refractivity contribution in [1.29, 1.82) is 0 Å². The van der Waals surface area contributed by atoms with Crippen LogP contribution in [0.5, 0.6) is 5.75 Å². The molecule has 3 rings (SSSR count). The molecule has 1 nitrogen and oxygen atoms in total. The second-order valence-corrected chi connectivity index (χ2v) is 8.35. The second kappa shape index (κ2) is 8.68. The number of thiophene rings is 2. The highest BCUT2D eigenvalue weighted by Gasteiger charge is 2.15. The van der Waals surface area contributed by atoms with Crippen molar-refractivity contribution in [2.45, 2.75) is 46.5 Å². The number of hydrogen-bond donors (Lipinski definition) is 0. The van der Waals surface area contributed by atoms with Gasteiger partial charge >= 0.3 is 0 Å². The zero-order valence-electron chi connectivity index (χ0n) is 15.3. The number of hydrogen-bond acceptors (Lipinski definition) is 3. The zero-order chi connectivity index (χ0) is 17.6. The molecule has 3 aromatic rings. The van der Waals surface area contributed by atoms with Crippen molar-refractivity contribution in [2.75, 3.05) is 6.61 Å². The van der Waals surface area contributed by atoms with Crippen LogP contribution in [0.25, 0.3) is 20.9 Å². The van der Waals surface area contributed by atoms with Crippen LogP contribution in [-0.2, 0) is 0 Å². The summed E-state index contributed by atoms with van der Waals surface area (Å²) in [5, 5.41) is 4.34. The number of benzene rings is 1. The largest absolute Gasteiger partial charge is 0.494 e. The molecule has 1 aromatic carbocycles. The van der Waals surface area contributed by atoms with E-state index >= 15 is 0 Å². The molecule has 0 unspecified atom stereocenters. The predicted octanol–water partition coefficient (Wildman–Crippen LogP) is 7.72. The molecule has 0 amide bonds. The van der Waals surface area contributed by atoms with E-state index in [-0.39, 0.29) is 0 Å². The summed E-state index contributed by atoms with van der Waals surface area (Å²) in [4.78, 5) is 2.72. The van der Waals surface area contributed by atoms with E-state index in [9.17, 15) is 0 Å². The highest BCUT2D eigenvalue weighted by molar-refractivity contribution is 7.20. The molecular formula is C22H26OS2. The normalized spacial score (nSPS) is 11.0. The molecule has 0 fully saturated rings. The van der Waals surface area contributed by atoms with E-state index in [0.29, 0.717) is 0 Å². The molecule has 0 spiro atoms. The van der Waals surface area contributed by atoms with Gasteiger partial charge in [-0.3, -0.25) is 0 Å². The molecule has 2 aromatic heterocycles. The van der Waals surface area contributed by atoms with Crippen LogP contribution in [0.2, 0.25) is 0 Å². The fourth-order valence-electron chi connectivity index (χ4n) is 3.26. The lowest BCUT2D eigenvalue weighted by Crippen LogP contribution is -1.99. The van der Waals surface area contributed by atoms with Gasteiger partial charge in [-0.15, -0.1) is 22.7 Å². The van der Waals surface area contributed by atoms with Crippen molar-refractivity contribution >= 4 is 22.7 Å². The third-order valence-electron chi connectivity index (χ3n) is 4.45. The predicted molar refractivity (Wildman–Crippen MR) is 112 cm³/mol. The Kier molecular flexibility index (Phi) is 6.33. The van der Waals surface area contributed by atoms with Gasteiger partial charge in [0.1, 0.15) is 5.75 Å². The van der Waals surface area contributed by atoms with E-state index in [1.165, 1.54) is 51.3 Å². The van der Waals surface area contributed by atoms with Gasteiger partial charge in [-0.25, -0.2) is 0 Å². The molecule has 0 saturated heterocycles. The Morgan fingerprint density at radius 3 is 2.40 bits per heavy atom. The average molecular weight is 371 g/mol. The van der Waals surface area contributed by atoms with Gasteiger partial charge in [0.05, 0.1) is 11.5 Å². The summed E-state index contributed by atoms with van der Waals surface area (Å²) in [5.74, 6) is 1.00. The number of ether oxygens (including phenoxy) is 1. The molecule has 0 bridgehead atoms. The third kappa shape index (κ3) is 4.34. The minimum absolute atomic E-state index is 0.817. The molecule has 2 heterocycles. The van der Waals surface area contributed by atoms with E-state index < -0.39 is 0 Å². The van der Waals surface area contributed by atoms with Crippen LogP contribution in [0.1, 0.15) is 43.7 Å². The lowest BCUT2D eigenvalue weighted by Gasteiger charge is -2.14. The number of aryl methyl sites for hydroxylation is 2. The Balaban J connectivity index is 1.81. The fraction of sp³-hybridized carbons (Fsp3) is 0.364. The minimum atomic E-state index is 0.817. The third-order valence-corrected chi connectivity index (χ3v) is 6.42. The SMILES string of the molecule is CCCCCCOc1cc(C)c(-c2ccsc2-c2cccs2)c(C)c1. The Hall–Kier alpha value is -1.58. The van der Waals surface area contributed by atoms with Crippen molar-refractivity contribution in [3.05, 3.63) is 52.2 Å². The average Bonchev–Trinajstić information content (AvgIpc) is 3.25. The molecule has 0 aliphatic carbocycles. The van der Waals surface area contributed by atoms with Gasteiger partial charge in [-0.1, -0.05) is 32.3 Å². The van der Waals surface area contributed by atoms with Gasteiger partial charge in [0.15, 0.2) is 0 Å². The molecule has 0 radical (unpaired) electrons. The van der Waals surface area contributed by atoms with Crippen molar-refractivity contribution in [1.82, 2.24) is 0 Å². The number of unbranched alkanes of at least 4 members (excludes halogenated alkanes) is 3. The second-order valence-electron chi connectivity index (χ2n) is 6.48. The van der Waals surface area contributed by atoms with Crippen molar-refractivity contribution in [3.8, 4) is 26.6 Å². The maximum atomic E-state index is 5.99. The molecular weight excluding hydrogens is 344 g/mol. The minimum Gasteiger partial charge on any atom is -0.494 e. The van der Waals surface area contributed by atoms with E-state index in [1.807, 2.05) is 22.7 Å². The van der Waals surface area contributed by atoms with Crippen molar-refractivity contribution < 1.29 is 4.74 Å². The summed E-state index contributed by atoms with van der Waals surface area (Å²) in [6.07, 6.45) is 4.95. The summed E-state index contributed by atoms with van der Waals surface area (Å²) >= 11 is 3.63. The monoisotopic (exact) mass is 370 g/mol. The topological polar surface area (TPSA) is 9.23 Å². The van der Waals surface area contributed by atoms with Crippen LogP contribution >= 0.6 is 22.7 Å². The highest BCUT2D eigenvalue weighted by atomic mass is 32.1. The van der Waals surface area contributed by atoms with Crippen LogP contribution in [0.3, 0.4) is 0 Å². The molecule has 132 valence electrons. The maximum Gasteiger partial charge on any atom is 0.119 e. The van der Waals surface area contributed by atoms with E-state index in [4.69, 9.17) is 4.74 Å². The Morgan fingerprint density at radius 1 is 0.920 bits per heavy atom. The first-order valence-corrected chi connectivity index (χ1v) is 10.8. The van der Waals surface area contributed by atoms with Crippen LogP contribution in [-0.4, -0.2) is 6.61 Å². The van der Waals surface area contributed by atoms with Crippen LogP contribution < -0.4 is 4.74 Å². The van der Waals surface area contributed by atoms with Gasteiger partial charge in [-0.05, 0) is 72.0 Å². The first kappa shape index (κ1) is 18.2. The van der Waals surface area contributed by atoms with Crippen LogP contribution in [0.15, 0.2) is 41.1 Å². The molecule has 0 saturated carbocycles. The van der Waals surface area contributed by atoms with Gasteiger partial charge in [0.25, 0.3) is 0 Å². The Labute approximate surface area is 159 Å².